The fourth-order valence-electron chi connectivity index (χ4n) is 3.00. The van der Waals surface area contributed by atoms with E-state index in [1.54, 1.807) is 7.11 Å². The van der Waals surface area contributed by atoms with Crippen LogP contribution >= 0.6 is 0 Å². The van der Waals surface area contributed by atoms with E-state index in [4.69, 9.17) is 20.1 Å². The molecule has 21 heavy (non-hydrogen) atoms. The zero-order valence-corrected chi connectivity index (χ0v) is 12.5. The molecule has 2 fully saturated rings. The molecule has 1 saturated heterocycles. The Morgan fingerprint density at radius 2 is 1.90 bits per heavy atom. The van der Waals surface area contributed by atoms with Gasteiger partial charge >= 0.3 is 0 Å². The van der Waals surface area contributed by atoms with Gasteiger partial charge < -0.3 is 14.2 Å². The lowest BCUT2D eigenvalue weighted by atomic mass is 9.82. The zero-order chi connectivity index (χ0) is 14.7. The minimum absolute atomic E-state index is 0.0543. The minimum atomic E-state index is -0.314. The Morgan fingerprint density at radius 3 is 2.43 bits per heavy atom. The highest BCUT2D eigenvalue weighted by Gasteiger charge is 2.41. The average Bonchev–Trinajstić information content (AvgIpc) is 3.34. The second-order valence-corrected chi connectivity index (χ2v) is 5.87. The van der Waals surface area contributed by atoms with Crippen molar-refractivity contribution in [2.75, 3.05) is 20.3 Å². The number of methoxy groups -OCH3 is 1. The van der Waals surface area contributed by atoms with Crippen molar-refractivity contribution in [3.8, 4) is 5.75 Å². The number of nitrogens with one attached hydrogen (secondary N) is 1. The maximum absolute atomic E-state index is 5.84. The van der Waals surface area contributed by atoms with Gasteiger partial charge in [-0.1, -0.05) is 12.1 Å². The molecule has 3 rings (SSSR count). The van der Waals surface area contributed by atoms with Crippen LogP contribution < -0.4 is 16.0 Å². The molecule has 116 valence electrons. The van der Waals surface area contributed by atoms with Crippen molar-refractivity contribution in [1.29, 1.82) is 0 Å². The summed E-state index contributed by atoms with van der Waals surface area (Å²) in [6, 6.07) is 8.11. The van der Waals surface area contributed by atoms with Gasteiger partial charge in [0, 0.05) is 33.2 Å². The van der Waals surface area contributed by atoms with Crippen LogP contribution in [0.5, 0.6) is 5.75 Å². The van der Waals surface area contributed by atoms with Crippen LogP contribution in [-0.2, 0) is 9.47 Å². The molecule has 0 spiro atoms. The predicted octanol–water partition coefficient (Wildman–Crippen LogP) is 1.93. The van der Waals surface area contributed by atoms with Gasteiger partial charge in [-0.15, -0.1) is 0 Å². The number of benzene rings is 1. The monoisotopic (exact) mass is 292 g/mol. The van der Waals surface area contributed by atoms with Crippen LogP contribution in [0.2, 0.25) is 0 Å². The number of hydrogen-bond acceptors (Lipinski definition) is 5. The number of hydrazine groups is 1. The molecule has 0 aromatic heterocycles. The maximum atomic E-state index is 5.84. The van der Waals surface area contributed by atoms with E-state index in [1.165, 1.54) is 12.8 Å². The zero-order valence-electron chi connectivity index (χ0n) is 12.5. The lowest BCUT2D eigenvalue weighted by Crippen LogP contribution is -2.51. The van der Waals surface area contributed by atoms with E-state index in [0.717, 1.165) is 24.2 Å². The largest absolute Gasteiger partial charge is 0.490 e. The standard InChI is InChI=1S/C16H24N2O3/c1-19-16(8-10-20-11-9-16)15(18-17)12-2-4-13(5-3-12)21-14-6-7-14/h2-5,14-15,18H,6-11,17H2,1H3. The van der Waals surface area contributed by atoms with E-state index in [-0.39, 0.29) is 11.6 Å². The first-order valence-electron chi connectivity index (χ1n) is 7.63. The van der Waals surface area contributed by atoms with Crippen molar-refractivity contribution in [2.24, 2.45) is 5.84 Å². The summed E-state index contributed by atoms with van der Waals surface area (Å²) in [5.74, 6) is 6.75. The topological polar surface area (TPSA) is 65.7 Å². The predicted molar refractivity (Wildman–Crippen MR) is 79.9 cm³/mol. The van der Waals surface area contributed by atoms with Gasteiger partial charge in [-0.3, -0.25) is 11.3 Å². The third-order valence-electron chi connectivity index (χ3n) is 4.48. The van der Waals surface area contributed by atoms with Crippen molar-refractivity contribution >= 4 is 0 Å². The highest BCUT2D eigenvalue weighted by Crippen LogP contribution is 2.37. The number of rotatable bonds is 6. The molecule has 1 aliphatic heterocycles. The highest BCUT2D eigenvalue weighted by atomic mass is 16.5. The Morgan fingerprint density at radius 1 is 1.24 bits per heavy atom. The Balaban J connectivity index is 1.77. The van der Waals surface area contributed by atoms with Crippen molar-refractivity contribution < 1.29 is 14.2 Å². The van der Waals surface area contributed by atoms with E-state index in [2.05, 4.69) is 17.6 Å². The van der Waals surface area contributed by atoms with Crippen molar-refractivity contribution in [3.05, 3.63) is 29.8 Å². The summed E-state index contributed by atoms with van der Waals surface area (Å²) in [5, 5.41) is 0. The lowest BCUT2D eigenvalue weighted by molar-refractivity contribution is -0.111. The molecule has 1 unspecified atom stereocenters. The number of ether oxygens (including phenoxy) is 3. The molecule has 1 aromatic carbocycles. The van der Waals surface area contributed by atoms with Crippen molar-refractivity contribution in [3.63, 3.8) is 0 Å². The summed E-state index contributed by atoms with van der Waals surface area (Å²) in [6.45, 7) is 1.41. The minimum Gasteiger partial charge on any atom is -0.490 e. The second-order valence-electron chi connectivity index (χ2n) is 5.87. The van der Waals surface area contributed by atoms with E-state index >= 15 is 0 Å². The summed E-state index contributed by atoms with van der Waals surface area (Å²) in [5.41, 5.74) is 3.73. The van der Waals surface area contributed by atoms with Crippen LogP contribution in [0.25, 0.3) is 0 Å². The van der Waals surface area contributed by atoms with Gasteiger partial charge in [-0.05, 0) is 30.5 Å². The SMILES string of the molecule is COC1(C(NN)c2ccc(OC3CC3)cc2)CCOCC1. The molecule has 5 heteroatoms. The van der Waals surface area contributed by atoms with Gasteiger partial charge in [-0.25, -0.2) is 0 Å². The van der Waals surface area contributed by atoms with Crippen LogP contribution in [0.3, 0.4) is 0 Å². The second kappa shape index (κ2) is 6.32. The Labute approximate surface area is 125 Å². The van der Waals surface area contributed by atoms with E-state index < -0.39 is 0 Å². The lowest BCUT2D eigenvalue weighted by Gasteiger charge is -2.42. The molecule has 0 amide bonds. The van der Waals surface area contributed by atoms with Gasteiger partial charge in [0.05, 0.1) is 17.7 Å². The number of hydrogen-bond donors (Lipinski definition) is 2. The van der Waals surface area contributed by atoms with Crippen LogP contribution in [0.15, 0.2) is 24.3 Å². The fraction of sp³-hybridized carbons (Fsp3) is 0.625. The Kier molecular flexibility index (Phi) is 4.45. The van der Waals surface area contributed by atoms with Crippen molar-refractivity contribution in [2.45, 2.75) is 43.4 Å². The Bertz CT molecular complexity index is 453. The third kappa shape index (κ3) is 3.21. The van der Waals surface area contributed by atoms with E-state index in [1.807, 2.05) is 12.1 Å². The normalized spacial score (nSPS) is 22.8. The van der Waals surface area contributed by atoms with Crippen LogP contribution in [0.1, 0.15) is 37.3 Å². The first-order chi connectivity index (χ1) is 10.3. The summed E-state index contributed by atoms with van der Waals surface area (Å²) in [4.78, 5) is 0. The maximum Gasteiger partial charge on any atom is 0.119 e. The molecule has 5 nitrogen and oxygen atoms in total. The first kappa shape index (κ1) is 14.8. The summed E-state index contributed by atoms with van der Waals surface area (Å²) in [6.07, 6.45) is 4.42. The van der Waals surface area contributed by atoms with Crippen LogP contribution in [0.4, 0.5) is 0 Å². The third-order valence-corrected chi connectivity index (χ3v) is 4.48. The highest BCUT2D eigenvalue weighted by molar-refractivity contribution is 5.31. The molecule has 1 saturated carbocycles. The van der Waals surface area contributed by atoms with E-state index in [0.29, 0.717) is 19.3 Å². The van der Waals surface area contributed by atoms with Crippen LogP contribution in [0, 0.1) is 0 Å². The summed E-state index contributed by atoms with van der Waals surface area (Å²) >= 11 is 0. The molecule has 2 aliphatic rings. The molecule has 0 bridgehead atoms. The van der Waals surface area contributed by atoms with Crippen molar-refractivity contribution in [1.82, 2.24) is 5.43 Å². The molecule has 1 aromatic rings. The molecule has 3 N–H and O–H groups in total. The van der Waals surface area contributed by atoms with Gasteiger partial charge in [0.25, 0.3) is 0 Å². The molecule has 1 atom stereocenters. The first-order valence-corrected chi connectivity index (χ1v) is 7.63. The van der Waals surface area contributed by atoms with Crippen LogP contribution in [-0.4, -0.2) is 32.0 Å². The smallest absolute Gasteiger partial charge is 0.119 e. The van der Waals surface area contributed by atoms with Gasteiger partial charge in [-0.2, -0.15) is 0 Å². The molecular weight excluding hydrogens is 268 g/mol. The molecule has 0 radical (unpaired) electrons. The molecular formula is C16H24N2O3. The average molecular weight is 292 g/mol. The summed E-state index contributed by atoms with van der Waals surface area (Å²) in [7, 11) is 1.75. The fourth-order valence-corrected chi connectivity index (χ4v) is 3.00. The van der Waals surface area contributed by atoms with E-state index in [9.17, 15) is 0 Å². The van der Waals surface area contributed by atoms with Gasteiger partial charge in [0.2, 0.25) is 0 Å². The number of nitrogens with two attached hydrogens (primary N) is 1. The van der Waals surface area contributed by atoms with Gasteiger partial charge in [0.15, 0.2) is 0 Å². The van der Waals surface area contributed by atoms with Gasteiger partial charge in [0.1, 0.15) is 5.75 Å². The molecule has 1 heterocycles. The summed E-state index contributed by atoms with van der Waals surface area (Å²) < 4.78 is 17.1. The quantitative estimate of drug-likeness (QED) is 0.619. The molecule has 1 aliphatic carbocycles. The Hall–Kier alpha value is -1.14.